The van der Waals surface area contributed by atoms with Crippen molar-refractivity contribution in [3.05, 3.63) is 69.7 Å². The molecule has 1 aromatic carbocycles. The number of aryl methyl sites for hydroxylation is 1. The third-order valence-corrected chi connectivity index (χ3v) is 3.16. The van der Waals surface area contributed by atoms with Gasteiger partial charge in [-0.1, -0.05) is 24.3 Å². The van der Waals surface area contributed by atoms with Crippen molar-refractivity contribution in [3.8, 4) is 0 Å². The molecule has 0 amide bonds. The summed E-state index contributed by atoms with van der Waals surface area (Å²) < 4.78 is 5.54. The quantitative estimate of drug-likeness (QED) is 0.646. The van der Waals surface area contributed by atoms with E-state index in [-0.39, 0.29) is 16.7 Å². The van der Waals surface area contributed by atoms with Crippen LogP contribution in [-0.4, -0.2) is 11.5 Å². The fourth-order valence-electron chi connectivity index (χ4n) is 2.01. The molecule has 2 rings (SSSR count). The first-order valence-corrected chi connectivity index (χ1v) is 6.77. The van der Waals surface area contributed by atoms with Crippen molar-refractivity contribution in [2.24, 2.45) is 0 Å². The van der Waals surface area contributed by atoms with E-state index < -0.39 is 0 Å². The van der Waals surface area contributed by atoms with E-state index in [1.165, 1.54) is 6.07 Å². The van der Waals surface area contributed by atoms with E-state index in [1.807, 2.05) is 32.1 Å². The molecule has 1 unspecified atom stereocenters. The summed E-state index contributed by atoms with van der Waals surface area (Å²) in [6.45, 7) is 4.52. The zero-order valence-electron chi connectivity index (χ0n) is 12.1. The van der Waals surface area contributed by atoms with Crippen LogP contribution in [-0.2, 0) is 0 Å². The molecule has 0 aliphatic heterocycles. The van der Waals surface area contributed by atoms with Crippen molar-refractivity contribution >= 4 is 11.8 Å². The van der Waals surface area contributed by atoms with Crippen LogP contribution in [0.4, 0.5) is 5.69 Å². The fourth-order valence-corrected chi connectivity index (χ4v) is 2.01. The number of hydrogen-bond donors (Lipinski definition) is 1. The predicted octanol–water partition coefficient (Wildman–Crippen LogP) is 3.86. The van der Waals surface area contributed by atoms with Crippen molar-refractivity contribution in [2.45, 2.75) is 19.9 Å². The van der Waals surface area contributed by atoms with Crippen LogP contribution >= 0.6 is 0 Å². The van der Waals surface area contributed by atoms with Gasteiger partial charge in [-0.05, 0) is 32.0 Å². The first kappa shape index (κ1) is 15.0. The Kier molecular flexibility index (Phi) is 4.90. The first-order valence-electron chi connectivity index (χ1n) is 6.77. The highest BCUT2D eigenvalue weighted by Gasteiger charge is 2.09. The van der Waals surface area contributed by atoms with Crippen LogP contribution in [0.1, 0.15) is 30.0 Å². The lowest BCUT2D eigenvalue weighted by Crippen LogP contribution is -2.17. The summed E-state index contributed by atoms with van der Waals surface area (Å²) >= 11 is 0. The molecule has 1 N–H and O–H groups in total. The van der Waals surface area contributed by atoms with Gasteiger partial charge in [0.15, 0.2) is 0 Å². The summed E-state index contributed by atoms with van der Waals surface area (Å²) in [7, 11) is 0. The van der Waals surface area contributed by atoms with Crippen molar-refractivity contribution in [1.29, 1.82) is 0 Å². The number of nitrogens with one attached hydrogen (secondary N) is 1. The van der Waals surface area contributed by atoms with Gasteiger partial charge in [0.25, 0.3) is 5.69 Å². The Bertz CT molecular complexity index is 646. The maximum Gasteiger partial charge on any atom is 0.276 e. The van der Waals surface area contributed by atoms with Crippen molar-refractivity contribution in [1.82, 2.24) is 5.32 Å². The first-order chi connectivity index (χ1) is 10.1. The molecule has 1 aromatic heterocycles. The third-order valence-electron chi connectivity index (χ3n) is 3.16. The molecule has 0 saturated carbocycles. The largest absolute Gasteiger partial charge is 0.465 e. The lowest BCUT2D eigenvalue weighted by atomic mass is 10.1. The van der Waals surface area contributed by atoms with Crippen LogP contribution < -0.4 is 5.32 Å². The van der Waals surface area contributed by atoms with E-state index in [1.54, 1.807) is 24.3 Å². The predicted molar refractivity (Wildman–Crippen MR) is 82.0 cm³/mol. The lowest BCUT2D eigenvalue weighted by molar-refractivity contribution is -0.385. The minimum Gasteiger partial charge on any atom is -0.465 e. The summed E-state index contributed by atoms with van der Waals surface area (Å²) in [6, 6.07) is 10.6. The van der Waals surface area contributed by atoms with Crippen molar-refractivity contribution in [3.63, 3.8) is 0 Å². The van der Waals surface area contributed by atoms with Gasteiger partial charge in [-0.2, -0.15) is 0 Å². The highest BCUT2D eigenvalue weighted by Crippen LogP contribution is 2.19. The molecule has 5 heteroatoms. The SMILES string of the molecule is Cc1ccc(C(C)NC/C=C/c2ccccc2[N+](=O)[O-])o1. The average molecular weight is 286 g/mol. The van der Waals surface area contributed by atoms with Gasteiger partial charge in [-0.25, -0.2) is 0 Å². The maximum absolute atomic E-state index is 10.9. The molecule has 5 nitrogen and oxygen atoms in total. The molecule has 110 valence electrons. The smallest absolute Gasteiger partial charge is 0.276 e. The zero-order chi connectivity index (χ0) is 15.2. The zero-order valence-corrected chi connectivity index (χ0v) is 12.1. The molecule has 0 saturated heterocycles. The Hall–Kier alpha value is -2.40. The molecule has 0 aliphatic rings. The topological polar surface area (TPSA) is 68.3 Å². The normalized spacial score (nSPS) is 12.7. The number of nitro groups is 1. The van der Waals surface area contributed by atoms with E-state index in [4.69, 9.17) is 4.42 Å². The number of hydrogen-bond acceptors (Lipinski definition) is 4. The average Bonchev–Trinajstić information content (AvgIpc) is 2.90. The van der Waals surface area contributed by atoms with Crippen molar-refractivity contribution in [2.75, 3.05) is 6.54 Å². The Labute approximate surface area is 123 Å². The third kappa shape index (κ3) is 4.03. The second kappa shape index (κ2) is 6.85. The molecule has 0 radical (unpaired) electrons. The molecular formula is C16H18N2O3. The molecular weight excluding hydrogens is 268 g/mol. The molecule has 1 heterocycles. The Balaban J connectivity index is 1.93. The molecule has 0 aliphatic carbocycles. The lowest BCUT2D eigenvalue weighted by Gasteiger charge is -2.08. The Morgan fingerprint density at radius 3 is 2.76 bits per heavy atom. The van der Waals surface area contributed by atoms with Gasteiger partial charge in [-0.15, -0.1) is 0 Å². The van der Waals surface area contributed by atoms with E-state index in [0.29, 0.717) is 12.1 Å². The van der Waals surface area contributed by atoms with Gasteiger partial charge in [0.05, 0.1) is 16.5 Å². The highest BCUT2D eigenvalue weighted by atomic mass is 16.6. The van der Waals surface area contributed by atoms with E-state index in [9.17, 15) is 10.1 Å². The molecule has 0 spiro atoms. The second-order valence-electron chi connectivity index (χ2n) is 4.80. The van der Waals surface area contributed by atoms with Crippen LogP contribution in [0.3, 0.4) is 0 Å². The van der Waals surface area contributed by atoms with Crippen LogP contribution in [0.5, 0.6) is 0 Å². The summed E-state index contributed by atoms with van der Waals surface area (Å²) in [5.74, 6) is 1.76. The number of furan rings is 1. The number of nitrogens with zero attached hydrogens (tertiary/aromatic N) is 1. The van der Waals surface area contributed by atoms with Gasteiger partial charge < -0.3 is 9.73 Å². The molecule has 21 heavy (non-hydrogen) atoms. The van der Waals surface area contributed by atoms with Crippen molar-refractivity contribution < 1.29 is 9.34 Å². The molecule has 0 bridgehead atoms. The Morgan fingerprint density at radius 1 is 1.33 bits per heavy atom. The van der Waals surface area contributed by atoms with E-state index >= 15 is 0 Å². The van der Waals surface area contributed by atoms with E-state index in [2.05, 4.69) is 5.32 Å². The minimum atomic E-state index is -0.374. The van der Waals surface area contributed by atoms with Crippen LogP contribution in [0.2, 0.25) is 0 Å². The Morgan fingerprint density at radius 2 is 2.10 bits per heavy atom. The van der Waals surface area contributed by atoms with Gasteiger partial charge in [0.2, 0.25) is 0 Å². The van der Waals surface area contributed by atoms with Gasteiger partial charge in [0.1, 0.15) is 11.5 Å². The van der Waals surface area contributed by atoms with Gasteiger partial charge >= 0.3 is 0 Å². The number of nitro benzene ring substituents is 1. The molecule has 1 atom stereocenters. The number of para-hydroxylation sites is 1. The van der Waals surface area contributed by atoms with Crippen LogP contribution in [0.25, 0.3) is 6.08 Å². The maximum atomic E-state index is 10.9. The fraction of sp³-hybridized carbons (Fsp3) is 0.250. The second-order valence-corrected chi connectivity index (χ2v) is 4.80. The molecule has 2 aromatic rings. The van der Waals surface area contributed by atoms with Crippen LogP contribution in [0, 0.1) is 17.0 Å². The van der Waals surface area contributed by atoms with E-state index in [0.717, 1.165) is 11.5 Å². The number of benzene rings is 1. The highest BCUT2D eigenvalue weighted by molar-refractivity contribution is 5.60. The molecule has 0 fully saturated rings. The summed E-state index contributed by atoms with van der Waals surface area (Å²) in [5, 5.41) is 14.2. The summed E-state index contributed by atoms with van der Waals surface area (Å²) in [4.78, 5) is 10.5. The number of rotatable bonds is 6. The van der Waals surface area contributed by atoms with Gasteiger partial charge in [-0.3, -0.25) is 10.1 Å². The summed E-state index contributed by atoms with van der Waals surface area (Å²) in [5.41, 5.74) is 0.717. The minimum absolute atomic E-state index is 0.0918. The monoisotopic (exact) mass is 286 g/mol. The summed E-state index contributed by atoms with van der Waals surface area (Å²) in [6.07, 6.45) is 3.62. The van der Waals surface area contributed by atoms with Gasteiger partial charge in [0, 0.05) is 12.6 Å². The standard InChI is InChI=1S/C16H18N2O3/c1-12-9-10-16(21-12)13(2)17-11-5-7-14-6-3-4-8-15(14)18(19)20/h3-10,13,17H,11H2,1-2H3/b7-5+. The van der Waals surface area contributed by atoms with Crippen LogP contribution in [0.15, 0.2) is 46.9 Å².